The van der Waals surface area contributed by atoms with Crippen molar-refractivity contribution in [3.05, 3.63) is 33.9 Å². The van der Waals surface area contributed by atoms with E-state index in [1.54, 1.807) is 37.6 Å². The van der Waals surface area contributed by atoms with Gasteiger partial charge in [-0.3, -0.25) is 4.79 Å². The zero-order valence-corrected chi connectivity index (χ0v) is 19.9. The lowest BCUT2D eigenvalue weighted by Crippen LogP contribution is -2.42. The average Bonchev–Trinajstić information content (AvgIpc) is 3.35. The minimum atomic E-state index is -0.928. The Morgan fingerprint density at radius 3 is 3.00 bits per heavy atom. The molecule has 4 aromatic rings. The van der Waals surface area contributed by atoms with E-state index < -0.39 is 5.60 Å². The number of hydrogen-bond acceptors (Lipinski definition) is 9. The van der Waals surface area contributed by atoms with E-state index in [1.165, 1.54) is 17.1 Å². The Morgan fingerprint density at radius 1 is 1.34 bits per heavy atom. The van der Waals surface area contributed by atoms with E-state index in [-0.39, 0.29) is 18.4 Å². The highest BCUT2D eigenvalue weighted by atomic mass is 35.5. The molecule has 0 spiro atoms. The van der Waals surface area contributed by atoms with Gasteiger partial charge in [0.2, 0.25) is 5.91 Å². The third-order valence-electron chi connectivity index (χ3n) is 5.50. The first-order chi connectivity index (χ1) is 15.3. The smallest absolute Gasteiger partial charge is 0.223 e. The summed E-state index contributed by atoms with van der Waals surface area (Å²) >= 11 is 9.38. The summed E-state index contributed by atoms with van der Waals surface area (Å²) in [5, 5.41) is 21.7. The van der Waals surface area contributed by atoms with Crippen molar-refractivity contribution in [1.29, 1.82) is 0 Å². The van der Waals surface area contributed by atoms with Crippen LogP contribution >= 0.6 is 34.5 Å². The van der Waals surface area contributed by atoms with Gasteiger partial charge in [-0.05, 0) is 62.3 Å². The third-order valence-corrected chi connectivity index (χ3v) is 7.66. The second kappa shape index (κ2) is 8.18. The number of rotatable bonds is 5. The highest BCUT2D eigenvalue weighted by Crippen LogP contribution is 2.41. The van der Waals surface area contributed by atoms with E-state index in [9.17, 15) is 9.90 Å². The highest BCUT2D eigenvalue weighted by Gasteiger charge is 2.30. The van der Waals surface area contributed by atoms with Crippen LogP contribution in [0.15, 0.2) is 18.5 Å². The van der Waals surface area contributed by atoms with Crippen molar-refractivity contribution in [3.63, 3.8) is 0 Å². The lowest BCUT2D eigenvalue weighted by Gasteiger charge is -2.24. The number of nitrogens with zero attached hydrogens (tertiary/aromatic N) is 4. The molecular formula is C21H21ClN6O2S2. The first kappa shape index (κ1) is 21.4. The number of aryl methyl sites for hydroxylation is 1. The van der Waals surface area contributed by atoms with E-state index >= 15 is 0 Å². The Labute approximate surface area is 197 Å². The lowest BCUT2D eigenvalue weighted by molar-refractivity contribution is -0.126. The summed E-state index contributed by atoms with van der Waals surface area (Å²) in [6, 6.07) is 3.72. The number of aromatic nitrogens is 4. The maximum Gasteiger partial charge on any atom is 0.223 e. The monoisotopic (exact) mass is 488 g/mol. The Bertz CT molecular complexity index is 1330. The number of thiophene rings is 1. The number of carbonyl (C=O) groups excluding carboxylic acids is 1. The van der Waals surface area contributed by atoms with Gasteiger partial charge in [0.15, 0.2) is 0 Å². The van der Waals surface area contributed by atoms with Gasteiger partial charge >= 0.3 is 0 Å². The topological polar surface area (TPSA) is 113 Å². The van der Waals surface area contributed by atoms with Gasteiger partial charge in [0.1, 0.15) is 22.5 Å². The molecule has 1 aliphatic rings. The number of aliphatic hydroxyl groups is 1. The maximum atomic E-state index is 12.6. The van der Waals surface area contributed by atoms with Crippen LogP contribution in [0.2, 0.25) is 5.02 Å². The number of anilines is 2. The second-order valence-corrected chi connectivity index (χ2v) is 10.9. The van der Waals surface area contributed by atoms with Gasteiger partial charge in [0, 0.05) is 17.3 Å². The van der Waals surface area contributed by atoms with Gasteiger partial charge in [-0.25, -0.2) is 9.97 Å². The first-order valence-corrected chi connectivity index (χ1v) is 12.2. The molecule has 1 amide bonds. The number of benzene rings is 1. The first-order valence-electron chi connectivity index (χ1n) is 10.2. The fourth-order valence-corrected chi connectivity index (χ4v) is 5.96. The van der Waals surface area contributed by atoms with Crippen LogP contribution < -0.4 is 10.6 Å². The molecule has 0 aliphatic heterocycles. The summed E-state index contributed by atoms with van der Waals surface area (Å²) in [4.78, 5) is 23.6. The molecule has 3 aromatic heterocycles. The zero-order valence-electron chi connectivity index (χ0n) is 17.5. The van der Waals surface area contributed by atoms with Crippen molar-refractivity contribution < 1.29 is 9.90 Å². The molecule has 1 aromatic carbocycles. The summed E-state index contributed by atoms with van der Waals surface area (Å²) < 4.78 is 4.91. The third kappa shape index (κ3) is 4.15. The van der Waals surface area contributed by atoms with Gasteiger partial charge in [0.05, 0.1) is 26.4 Å². The standard InChI is InChI=1S/C21H21ClN6O2S2/c1-21(2,30)8-23-19(29)10-3-4-11-15(5-10)31-20-17(11)18(24-9-25-20)26-13-7-16-14(6-12(13)22)27-28-32-16/h6-7,9-10,30H,3-5,8H2,1-2H3,(H,23,29)(H,24,25,26)/t10-/m0/s1. The SMILES string of the molecule is CC(C)(O)CNC(=O)[C@H]1CCc2c(sc3ncnc(Nc4cc5snnc5cc4Cl)c23)C1. The number of halogens is 1. The maximum absolute atomic E-state index is 12.6. The molecule has 1 atom stereocenters. The quantitative estimate of drug-likeness (QED) is 0.388. The van der Waals surface area contributed by atoms with E-state index in [0.29, 0.717) is 17.3 Å². The molecule has 0 radical (unpaired) electrons. The lowest BCUT2D eigenvalue weighted by atomic mass is 9.87. The average molecular weight is 489 g/mol. The van der Waals surface area contributed by atoms with Crippen LogP contribution in [0, 0.1) is 5.92 Å². The molecule has 0 unspecified atom stereocenters. The highest BCUT2D eigenvalue weighted by molar-refractivity contribution is 7.19. The fraction of sp³-hybridized carbons (Fsp3) is 0.381. The van der Waals surface area contributed by atoms with Crippen LogP contribution in [0.5, 0.6) is 0 Å². The predicted octanol–water partition coefficient (Wildman–Crippen LogP) is 4.09. The Morgan fingerprint density at radius 2 is 2.19 bits per heavy atom. The number of hydrogen-bond donors (Lipinski definition) is 3. The summed E-state index contributed by atoms with van der Waals surface area (Å²) in [6.45, 7) is 3.60. The molecule has 0 saturated carbocycles. The van der Waals surface area contributed by atoms with Gasteiger partial charge in [-0.2, -0.15) is 0 Å². The molecular weight excluding hydrogens is 468 g/mol. The molecule has 5 rings (SSSR count). The summed E-state index contributed by atoms with van der Waals surface area (Å²) in [5.41, 5.74) is 1.77. The van der Waals surface area contributed by atoms with E-state index in [4.69, 9.17) is 11.6 Å². The Kier molecular flexibility index (Phi) is 5.48. The van der Waals surface area contributed by atoms with Crippen molar-refractivity contribution in [2.24, 2.45) is 5.92 Å². The van der Waals surface area contributed by atoms with Crippen LogP contribution in [0.4, 0.5) is 11.5 Å². The fourth-order valence-electron chi connectivity index (χ4n) is 3.90. The number of nitrogens with one attached hydrogen (secondary N) is 2. The molecule has 32 heavy (non-hydrogen) atoms. The molecule has 8 nitrogen and oxygen atoms in total. The molecule has 1 aliphatic carbocycles. The van der Waals surface area contributed by atoms with Crippen LogP contribution in [0.1, 0.15) is 30.7 Å². The van der Waals surface area contributed by atoms with Gasteiger partial charge in [-0.15, -0.1) is 16.4 Å². The largest absolute Gasteiger partial charge is 0.389 e. The van der Waals surface area contributed by atoms with Crippen molar-refractivity contribution in [2.75, 3.05) is 11.9 Å². The van der Waals surface area contributed by atoms with Crippen molar-refractivity contribution in [1.82, 2.24) is 24.9 Å². The minimum absolute atomic E-state index is 0.0158. The van der Waals surface area contributed by atoms with Crippen LogP contribution in [0.25, 0.3) is 20.4 Å². The van der Waals surface area contributed by atoms with Crippen LogP contribution in [-0.2, 0) is 17.6 Å². The number of carbonyl (C=O) groups is 1. The van der Waals surface area contributed by atoms with E-state index in [2.05, 4.69) is 30.2 Å². The van der Waals surface area contributed by atoms with Crippen molar-refractivity contribution in [3.8, 4) is 0 Å². The molecule has 0 saturated heterocycles. The van der Waals surface area contributed by atoms with Crippen LogP contribution in [0.3, 0.4) is 0 Å². The van der Waals surface area contributed by atoms with Crippen molar-refractivity contribution >= 4 is 72.3 Å². The van der Waals surface area contributed by atoms with Gasteiger partial charge in [0.25, 0.3) is 0 Å². The minimum Gasteiger partial charge on any atom is -0.389 e. The Balaban J connectivity index is 1.43. The van der Waals surface area contributed by atoms with Crippen molar-refractivity contribution in [2.45, 2.75) is 38.7 Å². The summed E-state index contributed by atoms with van der Waals surface area (Å²) in [5.74, 6) is 0.576. The molecule has 0 bridgehead atoms. The van der Waals surface area contributed by atoms with Gasteiger partial charge in [-0.1, -0.05) is 16.1 Å². The molecule has 3 N–H and O–H groups in total. The van der Waals surface area contributed by atoms with E-state index in [1.807, 2.05) is 6.07 Å². The number of fused-ring (bicyclic) bond motifs is 4. The summed E-state index contributed by atoms with van der Waals surface area (Å²) in [6.07, 6.45) is 3.71. The Hall–Kier alpha value is -2.40. The molecule has 11 heteroatoms. The van der Waals surface area contributed by atoms with E-state index in [0.717, 1.165) is 43.8 Å². The molecule has 0 fully saturated rings. The number of amides is 1. The predicted molar refractivity (Wildman–Crippen MR) is 128 cm³/mol. The van der Waals surface area contributed by atoms with Crippen LogP contribution in [-0.4, -0.2) is 42.7 Å². The summed E-state index contributed by atoms with van der Waals surface area (Å²) in [7, 11) is 0. The second-order valence-electron chi connectivity index (χ2n) is 8.57. The zero-order chi connectivity index (χ0) is 22.5. The normalized spacial score (nSPS) is 16.3. The molecule has 166 valence electrons. The van der Waals surface area contributed by atoms with Gasteiger partial charge < -0.3 is 15.7 Å². The molecule has 3 heterocycles.